The van der Waals surface area contributed by atoms with E-state index in [1.54, 1.807) is 43.5 Å². The van der Waals surface area contributed by atoms with Crippen molar-refractivity contribution in [3.8, 4) is 6.07 Å². The van der Waals surface area contributed by atoms with E-state index in [1.165, 1.54) is 6.92 Å². The molecule has 2 fully saturated rings. The van der Waals surface area contributed by atoms with E-state index in [4.69, 9.17) is 14.5 Å². The fourth-order valence-corrected chi connectivity index (χ4v) is 7.09. The molecule has 49 heavy (non-hydrogen) atoms. The molecule has 2 aromatic rings. The molecule has 0 unspecified atom stereocenters. The van der Waals surface area contributed by atoms with Gasteiger partial charge in [0.05, 0.1) is 50.4 Å². The van der Waals surface area contributed by atoms with Crippen LogP contribution in [0.1, 0.15) is 83.8 Å². The van der Waals surface area contributed by atoms with Gasteiger partial charge in [-0.25, -0.2) is 22.7 Å². The number of alkyl halides is 5. The Labute approximate surface area is 288 Å². The molecule has 274 valence electrons. The van der Waals surface area contributed by atoms with Crippen LogP contribution in [0, 0.1) is 22.7 Å². The van der Waals surface area contributed by atoms with Crippen LogP contribution in [0.25, 0.3) is 11.0 Å². The van der Waals surface area contributed by atoms with E-state index in [0.717, 1.165) is 13.0 Å². The minimum Gasteiger partial charge on any atom is -0.364 e. The Morgan fingerprint density at radius 2 is 1.84 bits per heavy atom. The van der Waals surface area contributed by atoms with E-state index in [1.807, 2.05) is 0 Å². The molecule has 2 saturated carbocycles. The standard InChI is InChI=1S/C33H48F5N5O4SSi/c1-20(47-21(2)33(36,37)38)27(42-48(45)30(3,4)5)29-40-24-10-9-22(15-25(24)43(29)19-46-13-14-49(6,7)8)28(31(18-39)11-12-31)41-26(44)16-23-17-32(23,34)35/h9-10,15,20-21,23,27-28,42H,11-14,16-17,19H2,1-8H3,(H,41,44)/t20-,21-,23+,27+,28+,48-/m1/s1. The molecule has 0 spiro atoms. The van der Waals surface area contributed by atoms with Gasteiger partial charge in [0.15, 0.2) is 6.10 Å². The first-order valence-corrected chi connectivity index (χ1v) is 21.4. The maximum Gasteiger partial charge on any atom is 0.414 e. The first-order valence-electron chi connectivity index (χ1n) is 16.5. The molecule has 1 aromatic carbocycles. The molecule has 1 aromatic heterocycles. The Kier molecular flexibility index (Phi) is 11.5. The second-order valence-electron chi connectivity index (χ2n) is 15.6. The average Bonchev–Trinajstić information content (AvgIpc) is 3.85. The van der Waals surface area contributed by atoms with Crippen molar-refractivity contribution in [3.63, 3.8) is 0 Å². The van der Waals surface area contributed by atoms with Crippen LogP contribution in [-0.4, -0.2) is 63.4 Å². The molecular weight excluding hydrogens is 686 g/mol. The highest BCUT2D eigenvalue weighted by atomic mass is 32.2. The molecule has 1 heterocycles. The van der Waals surface area contributed by atoms with E-state index in [-0.39, 0.29) is 25.4 Å². The van der Waals surface area contributed by atoms with Crippen LogP contribution >= 0.6 is 0 Å². The fourth-order valence-electron chi connectivity index (χ4n) is 5.45. The highest BCUT2D eigenvalue weighted by molar-refractivity contribution is 7.84. The number of nitrogens with one attached hydrogen (secondary N) is 2. The topological polar surface area (TPSA) is 118 Å². The SMILES string of the molecule is C[C@@H](O[C@H](C)C(F)(F)F)[C@H](N[S@](=O)C(C)(C)C)c1nc2ccc([C@H](NC(=O)C[C@H]3CC3(F)F)C3(C#N)CC3)cc2n1COCC[Si](C)(C)C. The van der Waals surface area contributed by atoms with Gasteiger partial charge in [0.2, 0.25) is 5.91 Å². The molecule has 0 bridgehead atoms. The van der Waals surface area contributed by atoms with Crippen LogP contribution in [0.2, 0.25) is 25.7 Å². The molecule has 0 saturated heterocycles. The summed E-state index contributed by atoms with van der Waals surface area (Å²) in [4.78, 5) is 17.7. The van der Waals surface area contributed by atoms with E-state index in [2.05, 4.69) is 35.7 Å². The summed E-state index contributed by atoms with van der Waals surface area (Å²) in [7, 11) is -3.23. The largest absolute Gasteiger partial charge is 0.414 e. The third-order valence-corrected chi connectivity index (χ3v) is 12.3. The van der Waals surface area contributed by atoms with Gasteiger partial charge < -0.3 is 19.4 Å². The predicted molar refractivity (Wildman–Crippen MR) is 180 cm³/mol. The summed E-state index contributed by atoms with van der Waals surface area (Å²) in [6.07, 6.45) is -7.59. The average molecular weight is 734 g/mol. The molecular formula is C33H48F5N5O4SSi. The van der Waals surface area contributed by atoms with Gasteiger partial charge >= 0.3 is 6.18 Å². The Balaban J connectivity index is 1.79. The molecule has 1 amide bonds. The number of ether oxygens (including phenoxy) is 2. The van der Waals surface area contributed by atoms with Crippen LogP contribution in [0.5, 0.6) is 0 Å². The van der Waals surface area contributed by atoms with Crippen LogP contribution in [0.3, 0.4) is 0 Å². The summed E-state index contributed by atoms with van der Waals surface area (Å²) in [5, 5.41) is 12.9. The van der Waals surface area contributed by atoms with Crippen molar-refractivity contribution in [1.29, 1.82) is 5.26 Å². The highest BCUT2D eigenvalue weighted by Crippen LogP contribution is 2.55. The van der Waals surface area contributed by atoms with Gasteiger partial charge in [0.25, 0.3) is 5.92 Å². The summed E-state index contributed by atoms with van der Waals surface area (Å²) in [6, 6.07) is 6.40. The second kappa shape index (κ2) is 14.3. The molecule has 2 N–H and O–H groups in total. The molecule has 2 aliphatic carbocycles. The Morgan fingerprint density at radius 1 is 1.20 bits per heavy atom. The number of hydrogen-bond acceptors (Lipinski definition) is 6. The zero-order chi connectivity index (χ0) is 36.7. The summed E-state index contributed by atoms with van der Waals surface area (Å²) in [6.45, 7) is 14.5. The Bertz CT molecular complexity index is 1580. The van der Waals surface area contributed by atoms with Crippen molar-refractivity contribution in [2.75, 3.05) is 6.61 Å². The monoisotopic (exact) mass is 733 g/mol. The van der Waals surface area contributed by atoms with Crippen molar-refractivity contribution in [1.82, 2.24) is 19.6 Å². The lowest BCUT2D eigenvalue weighted by Gasteiger charge is -2.30. The van der Waals surface area contributed by atoms with Crippen LogP contribution in [0.15, 0.2) is 18.2 Å². The first kappa shape index (κ1) is 39.3. The van der Waals surface area contributed by atoms with E-state index >= 15 is 0 Å². The van der Waals surface area contributed by atoms with Crippen LogP contribution in [-0.2, 0) is 32.0 Å². The van der Waals surface area contributed by atoms with Crippen LogP contribution in [0.4, 0.5) is 22.0 Å². The van der Waals surface area contributed by atoms with E-state index in [9.17, 15) is 36.2 Å². The number of fused-ring (bicyclic) bond motifs is 1. The number of carbonyl (C=O) groups is 1. The third kappa shape index (κ3) is 9.87. The molecule has 9 nitrogen and oxygen atoms in total. The van der Waals surface area contributed by atoms with Crippen molar-refractivity contribution >= 4 is 36.0 Å². The molecule has 0 radical (unpaired) electrons. The van der Waals surface area contributed by atoms with Gasteiger partial charge in [-0.2, -0.15) is 18.4 Å². The quantitative estimate of drug-likeness (QED) is 0.106. The predicted octanol–water partition coefficient (Wildman–Crippen LogP) is 7.30. The summed E-state index contributed by atoms with van der Waals surface area (Å²) in [5.74, 6) is -4.23. The molecule has 0 aliphatic heterocycles. The summed E-state index contributed by atoms with van der Waals surface area (Å²) in [5.41, 5.74) is 0.587. The molecule has 2 aliphatic rings. The molecule has 16 heteroatoms. The lowest BCUT2D eigenvalue weighted by atomic mass is 9.90. The van der Waals surface area contributed by atoms with Crippen molar-refractivity contribution < 1.29 is 40.4 Å². The summed E-state index contributed by atoms with van der Waals surface area (Å²) < 4.78 is 96.8. The fraction of sp³-hybridized carbons (Fsp3) is 0.727. The zero-order valence-electron chi connectivity index (χ0n) is 29.3. The minimum atomic E-state index is -4.63. The lowest BCUT2D eigenvalue weighted by molar-refractivity contribution is -0.227. The number of amides is 1. The Morgan fingerprint density at radius 3 is 2.35 bits per heavy atom. The van der Waals surface area contributed by atoms with Crippen molar-refractivity contribution in [2.24, 2.45) is 11.3 Å². The number of hydrogen-bond donors (Lipinski definition) is 2. The maximum absolute atomic E-state index is 13.6. The number of halogens is 5. The lowest BCUT2D eigenvalue weighted by Crippen LogP contribution is -2.43. The smallest absolute Gasteiger partial charge is 0.364 e. The van der Waals surface area contributed by atoms with Gasteiger partial charge in [0, 0.05) is 33.4 Å². The highest BCUT2D eigenvalue weighted by Gasteiger charge is 2.58. The molecule has 6 atom stereocenters. The van der Waals surface area contributed by atoms with Crippen molar-refractivity contribution in [3.05, 3.63) is 29.6 Å². The first-order chi connectivity index (χ1) is 22.5. The third-order valence-electron chi connectivity index (χ3n) is 9.03. The van der Waals surface area contributed by atoms with Gasteiger partial charge in [-0.3, -0.25) is 4.79 Å². The van der Waals surface area contributed by atoms with E-state index < -0.39 is 77.4 Å². The number of imidazole rings is 1. The number of benzene rings is 1. The number of carbonyl (C=O) groups excluding carboxylic acids is 1. The number of nitriles is 1. The van der Waals surface area contributed by atoms with E-state index in [0.29, 0.717) is 36.0 Å². The number of nitrogens with zero attached hydrogens (tertiary/aromatic N) is 3. The number of rotatable bonds is 16. The second-order valence-corrected chi connectivity index (χ2v) is 23.2. The Hall–Kier alpha value is -2.45. The molecule has 4 rings (SSSR count). The van der Waals surface area contributed by atoms with Gasteiger partial charge in [-0.1, -0.05) is 25.7 Å². The maximum atomic E-state index is 13.6. The number of aromatic nitrogens is 2. The van der Waals surface area contributed by atoms with Crippen molar-refractivity contribution in [2.45, 2.75) is 134 Å². The zero-order valence-corrected chi connectivity index (χ0v) is 31.2. The minimum absolute atomic E-state index is 0.0428. The van der Waals surface area contributed by atoms with Gasteiger partial charge in [-0.15, -0.1) is 0 Å². The normalized spacial score (nSPS) is 21.8. The van der Waals surface area contributed by atoms with Gasteiger partial charge in [0.1, 0.15) is 18.6 Å². The summed E-state index contributed by atoms with van der Waals surface area (Å²) >= 11 is 0. The van der Waals surface area contributed by atoms with Gasteiger partial charge in [-0.05, 0) is 71.2 Å². The van der Waals surface area contributed by atoms with Crippen LogP contribution < -0.4 is 10.0 Å².